The molecule has 2 atom stereocenters. The van der Waals surface area contributed by atoms with Gasteiger partial charge in [0.15, 0.2) is 0 Å². The van der Waals surface area contributed by atoms with Crippen molar-refractivity contribution >= 4 is 0 Å². The second-order valence-electron chi connectivity index (χ2n) is 3.18. The van der Waals surface area contributed by atoms with E-state index in [0.29, 0.717) is 5.92 Å². The molecule has 1 heterocycles. The number of hydrogen-bond acceptors (Lipinski definition) is 2. The normalized spacial score (nSPS) is 30.9. The summed E-state index contributed by atoms with van der Waals surface area (Å²) < 4.78 is 0. The molecule has 0 bridgehead atoms. The summed E-state index contributed by atoms with van der Waals surface area (Å²) in [5, 5.41) is 9.24. The average molecular weight is 143 g/mol. The van der Waals surface area contributed by atoms with Gasteiger partial charge in [0.05, 0.1) is 6.10 Å². The minimum absolute atomic E-state index is 0.114. The second kappa shape index (κ2) is 3.35. The maximum Gasteiger partial charge on any atom is 0.0552 e. The quantitative estimate of drug-likeness (QED) is 0.615. The summed E-state index contributed by atoms with van der Waals surface area (Å²) in [6.07, 6.45) is 1.06. The summed E-state index contributed by atoms with van der Waals surface area (Å²) >= 11 is 0. The number of likely N-dealkylation sites (tertiary alicyclic amines) is 1. The molecule has 1 saturated heterocycles. The number of nitrogens with zero attached hydrogens (tertiary/aromatic N) is 1. The zero-order valence-electron chi connectivity index (χ0n) is 6.88. The third-order valence-corrected chi connectivity index (χ3v) is 2.44. The van der Waals surface area contributed by atoms with Crippen LogP contribution in [0.25, 0.3) is 0 Å². The van der Waals surface area contributed by atoms with Crippen LogP contribution in [0.5, 0.6) is 0 Å². The van der Waals surface area contributed by atoms with Crippen LogP contribution in [-0.2, 0) is 0 Å². The van der Waals surface area contributed by atoms with E-state index in [0.717, 1.165) is 13.1 Å². The van der Waals surface area contributed by atoms with Crippen molar-refractivity contribution in [1.29, 1.82) is 0 Å². The third kappa shape index (κ3) is 1.70. The van der Waals surface area contributed by atoms with Crippen molar-refractivity contribution in [2.75, 3.05) is 19.6 Å². The molecule has 0 amide bonds. The van der Waals surface area contributed by atoms with Crippen LogP contribution >= 0.6 is 0 Å². The highest BCUT2D eigenvalue weighted by molar-refractivity contribution is 4.77. The van der Waals surface area contributed by atoms with Crippen molar-refractivity contribution in [3.05, 3.63) is 0 Å². The van der Waals surface area contributed by atoms with Crippen LogP contribution in [-0.4, -0.2) is 35.7 Å². The van der Waals surface area contributed by atoms with E-state index in [1.807, 2.05) is 6.92 Å². The Hall–Kier alpha value is -0.0800. The molecule has 0 saturated carbocycles. The Balaban J connectivity index is 2.28. The third-order valence-electron chi connectivity index (χ3n) is 2.44. The molecule has 60 valence electrons. The zero-order valence-corrected chi connectivity index (χ0v) is 6.88. The fraction of sp³-hybridized carbons (Fsp3) is 1.00. The molecule has 10 heavy (non-hydrogen) atoms. The Bertz CT molecular complexity index is 103. The summed E-state index contributed by atoms with van der Waals surface area (Å²) in [6, 6.07) is 0. The molecular weight excluding hydrogens is 126 g/mol. The second-order valence-corrected chi connectivity index (χ2v) is 3.18. The lowest BCUT2D eigenvalue weighted by atomic mass is 10.0. The Labute approximate surface area is 62.8 Å². The average Bonchev–Trinajstić information content (AvgIpc) is 2.34. The van der Waals surface area contributed by atoms with E-state index < -0.39 is 0 Å². The molecular formula is C8H17NO. The van der Waals surface area contributed by atoms with Crippen molar-refractivity contribution in [1.82, 2.24) is 4.90 Å². The lowest BCUT2D eigenvalue weighted by Crippen LogP contribution is -2.23. The van der Waals surface area contributed by atoms with E-state index in [1.165, 1.54) is 13.0 Å². The molecule has 1 fully saturated rings. The summed E-state index contributed by atoms with van der Waals surface area (Å²) in [5.41, 5.74) is 0. The van der Waals surface area contributed by atoms with Gasteiger partial charge in [-0.1, -0.05) is 6.92 Å². The predicted molar refractivity (Wildman–Crippen MR) is 41.9 cm³/mol. The summed E-state index contributed by atoms with van der Waals surface area (Å²) in [5.74, 6) is 0.528. The number of rotatable bonds is 2. The fourth-order valence-electron chi connectivity index (χ4n) is 1.54. The highest BCUT2D eigenvalue weighted by atomic mass is 16.3. The molecule has 1 aliphatic heterocycles. The SMILES string of the molecule is CCN1CCC(C(C)O)C1. The minimum Gasteiger partial charge on any atom is -0.393 e. The number of aliphatic hydroxyl groups is 1. The van der Waals surface area contributed by atoms with E-state index in [4.69, 9.17) is 0 Å². The first-order chi connectivity index (χ1) is 4.74. The molecule has 2 nitrogen and oxygen atoms in total. The molecule has 0 aromatic rings. The molecule has 0 aromatic carbocycles. The number of aliphatic hydroxyl groups excluding tert-OH is 1. The van der Waals surface area contributed by atoms with Crippen molar-refractivity contribution in [3.63, 3.8) is 0 Å². The standard InChI is InChI=1S/C8H17NO/c1-3-9-5-4-8(6-9)7(2)10/h7-8,10H,3-6H2,1-2H3. The fourth-order valence-corrected chi connectivity index (χ4v) is 1.54. The molecule has 2 unspecified atom stereocenters. The molecule has 0 radical (unpaired) electrons. The first-order valence-electron chi connectivity index (χ1n) is 4.14. The molecule has 0 aliphatic carbocycles. The van der Waals surface area contributed by atoms with Crippen molar-refractivity contribution in [2.45, 2.75) is 26.4 Å². The van der Waals surface area contributed by atoms with Crippen molar-refractivity contribution in [3.8, 4) is 0 Å². The maximum atomic E-state index is 9.24. The van der Waals surface area contributed by atoms with Crippen LogP contribution in [0.1, 0.15) is 20.3 Å². The smallest absolute Gasteiger partial charge is 0.0552 e. The van der Waals surface area contributed by atoms with Crippen molar-refractivity contribution in [2.24, 2.45) is 5.92 Å². The molecule has 1 rings (SSSR count). The van der Waals surface area contributed by atoms with Gasteiger partial charge < -0.3 is 10.0 Å². The van der Waals surface area contributed by atoms with Crippen molar-refractivity contribution < 1.29 is 5.11 Å². The maximum absolute atomic E-state index is 9.24. The first kappa shape index (κ1) is 8.02. The Morgan fingerprint density at radius 1 is 1.70 bits per heavy atom. The predicted octanol–water partition coefficient (Wildman–Crippen LogP) is 0.709. The Morgan fingerprint density at radius 2 is 2.40 bits per heavy atom. The van der Waals surface area contributed by atoms with Gasteiger partial charge in [0, 0.05) is 6.54 Å². The first-order valence-corrected chi connectivity index (χ1v) is 4.14. The lowest BCUT2D eigenvalue weighted by Gasteiger charge is -2.14. The van der Waals surface area contributed by atoms with Crippen LogP contribution in [0.4, 0.5) is 0 Å². The van der Waals surface area contributed by atoms with Gasteiger partial charge in [-0.2, -0.15) is 0 Å². The van der Waals surface area contributed by atoms with Gasteiger partial charge in [-0.3, -0.25) is 0 Å². The summed E-state index contributed by atoms with van der Waals surface area (Å²) in [7, 11) is 0. The van der Waals surface area contributed by atoms with Gasteiger partial charge >= 0.3 is 0 Å². The van der Waals surface area contributed by atoms with Crippen LogP contribution in [0.3, 0.4) is 0 Å². The monoisotopic (exact) mass is 143 g/mol. The lowest BCUT2D eigenvalue weighted by molar-refractivity contribution is 0.128. The van der Waals surface area contributed by atoms with Crippen LogP contribution in [0.15, 0.2) is 0 Å². The van der Waals surface area contributed by atoms with Gasteiger partial charge in [0.2, 0.25) is 0 Å². The molecule has 1 aliphatic rings. The van der Waals surface area contributed by atoms with Gasteiger partial charge in [-0.25, -0.2) is 0 Å². The van der Waals surface area contributed by atoms with E-state index in [-0.39, 0.29) is 6.10 Å². The molecule has 0 spiro atoms. The Kier molecular flexibility index (Phi) is 2.69. The highest BCUT2D eigenvalue weighted by Crippen LogP contribution is 2.18. The largest absolute Gasteiger partial charge is 0.393 e. The number of hydrogen-bond donors (Lipinski definition) is 1. The van der Waals surface area contributed by atoms with Gasteiger partial charge in [0.25, 0.3) is 0 Å². The topological polar surface area (TPSA) is 23.5 Å². The van der Waals surface area contributed by atoms with Crippen LogP contribution < -0.4 is 0 Å². The van der Waals surface area contributed by atoms with Crippen LogP contribution in [0.2, 0.25) is 0 Å². The van der Waals surface area contributed by atoms with E-state index in [1.54, 1.807) is 0 Å². The van der Waals surface area contributed by atoms with E-state index in [2.05, 4.69) is 11.8 Å². The molecule has 2 heteroatoms. The summed E-state index contributed by atoms with van der Waals surface area (Å²) in [4.78, 5) is 2.39. The van der Waals surface area contributed by atoms with Gasteiger partial charge in [0.1, 0.15) is 0 Å². The molecule has 1 N–H and O–H groups in total. The van der Waals surface area contributed by atoms with Crippen LogP contribution in [0, 0.1) is 5.92 Å². The van der Waals surface area contributed by atoms with Gasteiger partial charge in [-0.05, 0) is 32.4 Å². The van der Waals surface area contributed by atoms with E-state index >= 15 is 0 Å². The summed E-state index contributed by atoms with van der Waals surface area (Å²) in [6.45, 7) is 7.46. The van der Waals surface area contributed by atoms with Gasteiger partial charge in [-0.15, -0.1) is 0 Å². The Morgan fingerprint density at radius 3 is 2.70 bits per heavy atom. The minimum atomic E-state index is -0.114. The zero-order chi connectivity index (χ0) is 7.56. The molecule has 0 aromatic heterocycles. The highest BCUT2D eigenvalue weighted by Gasteiger charge is 2.24. The van der Waals surface area contributed by atoms with E-state index in [9.17, 15) is 5.11 Å².